The average molecular weight is 657 g/mol. The van der Waals surface area contributed by atoms with Crippen molar-refractivity contribution in [2.24, 2.45) is 0 Å². The van der Waals surface area contributed by atoms with Gasteiger partial charge in [0.05, 0.1) is 22.1 Å². The zero-order chi connectivity index (χ0) is 32.8. The van der Waals surface area contributed by atoms with Crippen LogP contribution in [0.1, 0.15) is 0 Å². The number of anilines is 3. The number of hydrogen-bond donors (Lipinski definition) is 0. The van der Waals surface area contributed by atoms with E-state index in [9.17, 15) is 0 Å². The molecule has 0 unspecified atom stereocenters. The number of nitrogens with zero attached hydrogens (tertiary/aromatic N) is 2. The molecule has 50 heavy (non-hydrogen) atoms. The van der Waals surface area contributed by atoms with Crippen molar-refractivity contribution in [1.29, 1.82) is 0 Å². The molecule has 0 aliphatic carbocycles. The van der Waals surface area contributed by atoms with Crippen LogP contribution in [0, 0.1) is 0 Å². The first kappa shape index (κ1) is 27.6. The second-order valence-corrected chi connectivity index (χ2v) is 14.0. The third-order valence-electron chi connectivity index (χ3n) is 10.2. The number of hydrogen-bond acceptors (Lipinski definition) is 3. The van der Waals surface area contributed by atoms with Crippen LogP contribution in [0.2, 0.25) is 0 Å². The Balaban J connectivity index is 1.16. The molecule has 0 atom stereocenters. The van der Waals surface area contributed by atoms with E-state index in [-0.39, 0.29) is 0 Å². The lowest BCUT2D eigenvalue weighted by Gasteiger charge is -2.26. The molecule has 0 spiro atoms. The summed E-state index contributed by atoms with van der Waals surface area (Å²) in [6, 6.07) is 61.3. The van der Waals surface area contributed by atoms with E-state index < -0.39 is 0 Å². The van der Waals surface area contributed by atoms with Crippen LogP contribution in [0.4, 0.5) is 17.1 Å². The van der Waals surface area contributed by atoms with Crippen LogP contribution in [0.3, 0.4) is 0 Å². The summed E-state index contributed by atoms with van der Waals surface area (Å²) in [6.07, 6.45) is 0. The SMILES string of the molecule is c1ccc2c(c1)ccc1c2oc2cccc(N(c3ccc(-n4c5ccccc5c5ccccc54)cc3)c3ccc4sc5ccccc5c4c3)c21. The maximum absolute atomic E-state index is 6.67. The second-order valence-electron chi connectivity index (χ2n) is 12.9. The molecule has 3 heterocycles. The minimum atomic E-state index is 0.878. The lowest BCUT2D eigenvalue weighted by molar-refractivity contribution is 0.672. The summed E-state index contributed by atoms with van der Waals surface area (Å²) >= 11 is 1.85. The van der Waals surface area contributed by atoms with Gasteiger partial charge in [-0.3, -0.25) is 0 Å². The van der Waals surface area contributed by atoms with Crippen LogP contribution in [-0.2, 0) is 0 Å². The summed E-state index contributed by atoms with van der Waals surface area (Å²) in [5.41, 5.74) is 8.60. The fourth-order valence-corrected chi connectivity index (χ4v) is 9.04. The first-order valence-corrected chi connectivity index (χ1v) is 17.7. The van der Waals surface area contributed by atoms with E-state index in [1.54, 1.807) is 0 Å². The van der Waals surface area contributed by atoms with Gasteiger partial charge in [0.1, 0.15) is 11.2 Å². The topological polar surface area (TPSA) is 21.3 Å². The number of aromatic nitrogens is 1. The highest BCUT2D eigenvalue weighted by atomic mass is 32.1. The van der Waals surface area contributed by atoms with Crippen LogP contribution in [0.5, 0.6) is 0 Å². The maximum Gasteiger partial charge on any atom is 0.143 e. The average Bonchev–Trinajstić information content (AvgIpc) is 3.85. The predicted octanol–water partition coefficient (Wildman–Crippen LogP) is 13.7. The molecule has 0 bridgehead atoms. The van der Waals surface area contributed by atoms with E-state index in [1.807, 2.05) is 11.3 Å². The van der Waals surface area contributed by atoms with Gasteiger partial charge in [-0.15, -0.1) is 11.3 Å². The zero-order valence-corrected chi connectivity index (χ0v) is 27.7. The van der Waals surface area contributed by atoms with Crippen molar-refractivity contribution < 1.29 is 4.42 Å². The van der Waals surface area contributed by atoms with E-state index in [1.165, 1.54) is 47.4 Å². The Bertz CT molecular complexity index is 3060. The Kier molecular flexibility index (Phi) is 5.83. The molecule has 3 nitrogen and oxygen atoms in total. The van der Waals surface area contributed by atoms with Gasteiger partial charge in [0.15, 0.2) is 0 Å². The van der Waals surface area contributed by atoms with Gasteiger partial charge in [0.25, 0.3) is 0 Å². The van der Waals surface area contributed by atoms with Gasteiger partial charge in [-0.05, 0) is 84.2 Å². The number of fused-ring (bicyclic) bond motifs is 11. The lowest BCUT2D eigenvalue weighted by atomic mass is 10.0. The molecule has 0 radical (unpaired) electrons. The van der Waals surface area contributed by atoms with Crippen molar-refractivity contribution in [3.05, 3.63) is 170 Å². The highest BCUT2D eigenvalue weighted by Gasteiger charge is 2.21. The van der Waals surface area contributed by atoms with Gasteiger partial charge in [-0.1, -0.05) is 91.0 Å². The Morgan fingerprint density at radius 3 is 1.92 bits per heavy atom. The van der Waals surface area contributed by atoms with Gasteiger partial charge >= 0.3 is 0 Å². The van der Waals surface area contributed by atoms with Crippen molar-refractivity contribution >= 4 is 103 Å². The summed E-state index contributed by atoms with van der Waals surface area (Å²) in [7, 11) is 0. The molecule has 11 rings (SSSR count). The van der Waals surface area contributed by atoms with Gasteiger partial charge < -0.3 is 13.9 Å². The first-order chi connectivity index (χ1) is 24.8. The van der Waals surface area contributed by atoms with Crippen molar-refractivity contribution in [1.82, 2.24) is 4.57 Å². The van der Waals surface area contributed by atoms with Crippen LogP contribution in [0.15, 0.2) is 174 Å². The number of benzene rings is 8. The summed E-state index contributed by atoms with van der Waals surface area (Å²) < 4.78 is 11.6. The zero-order valence-electron chi connectivity index (χ0n) is 26.9. The highest BCUT2D eigenvalue weighted by molar-refractivity contribution is 7.25. The fourth-order valence-electron chi connectivity index (χ4n) is 7.95. The normalized spacial score (nSPS) is 12.0. The first-order valence-electron chi connectivity index (χ1n) is 16.9. The molecule has 4 heteroatoms. The van der Waals surface area contributed by atoms with E-state index in [0.717, 1.165) is 50.1 Å². The minimum absolute atomic E-state index is 0.878. The largest absolute Gasteiger partial charge is 0.455 e. The fraction of sp³-hybridized carbons (Fsp3) is 0. The van der Waals surface area contributed by atoms with Crippen molar-refractivity contribution in [3.63, 3.8) is 0 Å². The summed E-state index contributed by atoms with van der Waals surface area (Å²) in [5, 5.41) is 9.60. The quantitative estimate of drug-likeness (QED) is 0.188. The van der Waals surface area contributed by atoms with Gasteiger partial charge in [-0.25, -0.2) is 0 Å². The molecule has 0 amide bonds. The monoisotopic (exact) mass is 656 g/mol. The number of thiophene rings is 1. The standard InChI is InChI=1S/C46H28N2OS/c1-2-11-33-29(10-1)20-26-37-45-41(17-9-18-42(45)49-46(33)37)47(32-25-27-44-38(28-32)36-14-5-8-19-43(36)50-44)30-21-23-31(24-22-30)48-39-15-6-3-12-34(39)35-13-4-7-16-40(35)48/h1-28H. The van der Waals surface area contributed by atoms with Crippen molar-refractivity contribution in [2.75, 3.05) is 4.90 Å². The van der Waals surface area contributed by atoms with Crippen LogP contribution >= 0.6 is 11.3 Å². The van der Waals surface area contributed by atoms with E-state index in [0.29, 0.717) is 0 Å². The Hall–Kier alpha value is -6.36. The number of rotatable bonds is 4. The smallest absolute Gasteiger partial charge is 0.143 e. The maximum atomic E-state index is 6.67. The summed E-state index contributed by atoms with van der Waals surface area (Å²) in [6.45, 7) is 0. The third kappa shape index (κ3) is 3.97. The number of para-hydroxylation sites is 2. The molecule has 3 aromatic heterocycles. The van der Waals surface area contributed by atoms with E-state index in [2.05, 4.69) is 179 Å². The van der Waals surface area contributed by atoms with E-state index >= 15 is 0 Å². The molecular formula is C46H28N2OS. The van der Waals surface area contributed by atoms with Crippen LogP contribution in [-0.4, -0.2) is 4.57 Å². The molecular weight excluding hydrogens is 629 g/mol. The van der Waals surface area contributed by atoms with Crippen molar-refractivity contribution in [2.45, 2.75) is 0 Å². The molecule has 0 aliphatic heterocycles. The highest BCUT2D eigenvalue weighted by Crippen LogP contribution is 2.46. The Labute approximate surface area is 291 Å². The molecule has 0 fully saturated rings. The number of furan rings is 1. The molecule has 0 N–H and O–H groups in total. The molecule has 234 valence electrons. The molecule has 8 aromatic carbocycles. The second kappa shape index (κ2) is 10.6. The Morgan fingerprint density at radius 1 is 0.460 bits per heavy atom. The molecule has 0 aliphatic rings. The third-order valence-corrected chi connectivity index (χ3v) is 11.3. The van der Waals surface area contributed by atoms with Crippen LogP contribution < -0.4 is 4.90 Å². The van der Waals surface area contributed by atoms with Crippen molar-refractivity contribution in [3.8, 4) is 5.69 Å². The predicted molar refractivity (Wildman–Crippen MR) is 213 cm³/mol. The lowest BCUT2D eigenvalue weighted by Crippen LogP contribution is -2.10. The summed E-state index contributed by atoms with van der Waals surface area (Å²) in [5.74, 6) is 0. The summed E-state index contributed by atoms with van der Waals surface area (Å²) in [4.78, 5) is 2.40. The minimum Gasteiger partial charge on any atom is -0.455 e. The Morgan fingerprint density at radius 2 is 1.12 bits per heavy atom. The van der Waals surface area contributed by atoms with Crippen LogP contribution in [0.25, 0.3) is 80.4 Å². The van der Waals surface area contributed by atoms with Gasteiger partial charge in [-0.2, -0.15) is 0 Å². The van der Waals surface area contributed by atoms with E-state index in [4.69, 9.17) is 4.42 Å². The molecule has 11 aromatic rings. The van der Waals surface area contributed by atoms with Gasteiger partial charge in [0.2, 0.25) is 0 Å². The van der Waals surface area contributed by atoms with Gasteiger partial charge in [0, 0.05) is 58.8 Å². The molecule has 0 saturated carbocycles. The molecule has 0 saturated heterocycles.